The lowest BCUT2D eigenvalue weighted by Crippen LogP contribution is -2.50. The second-order valence-electron chi connectivity index (χ2n) is 8.85. The number of aliphatic carboxylic acids is 1. The number of amides is 2. The maximum atomic E-state index is 13.1. The molecule has 2 N–H and O–H groups in total. The molecular formula is C22H27F6N3O3. The predicted octanol–water partition coefficient (Wildman–Crippen LogP) is 4.58. The van der Waals surface area contributed by atoms with Gasteiger partial charge in [0.1, 0.15) is 0 Å². The van der Waals surface area contributed by atoms with Gasteiger partial charge in [0.15, 0.2) is 0 Å². The van der Waals surface area contributed by atoms with Crippen LogP contribution in [0, 0.1) is 5.92 Å². The molecule has 190 valence electrons. The third kappa shape index (κ3) is 6.13. The van der Waals surface area contributed by atoms with Crippen LogP contribution in [0.4, 0.5) is 31.1 Å². The molecule has 0 radical (unpaired) electrons. The molecule has 2 aliphatic rings. The Bertz CT molecular complexity index is 873. The van der Waals surface area contributed by atoms with Crippen molar-refractivity contribution in [3.63, 3.8) is 0 Å². The van der Waals surface area contributed by atoms with E-state index in [4.69, 9.17) is 0 Å². The Morgan fingerprint density at radius 2 is 1.68 bits per heavy atom. The van der Waals surface area contributed by atoms with Crippen molar-refractivity contribution in [2.24, 2.45) is 5.92 Å². The molecule has 2 amide bonds. The number of nitrogens with one attached hydrogen (secondary N) is 1. The summed E-state index contributed by atoms with van der Waals surface area (Å²) < 4.78 is 78.6. The van der Waals surface area contributed by atoms with Crippen molar-refractivity contribution >= 4 is 12.0 Å². The van der Waals surface area contributed by atoms with Crippen LogP contribution in [0.2, 0.25) is 0 Å². The van der Waals surface area contributed by atoms with E-state index < -0.39 is 35.4 Å². The monoisotopic (exact) mass is 495 g/mol. The van der Waals surface area contributed by atoms with Crippen molar-refractivity contribution in [1.82, 2.24) is 15.1 Å². The second kappa shape index (κ2) is 10.0. The van der Waals surface area contributed by atoms with E-state index in [1.54, 1.807) is 4.90 Å². The zero-order chi connectivity index (χ0) is 25.3. The molecular weight excluding hydrogens is 468 g/mol. The molecule has 0 aromatic heterocycles. The van der Waals surface area contributed by atoms with Gasteiger partial charge in [-0.05, 0) is 49.4 Å². The number of halogens is 6. The number of alkyl halides is 6. The van der Waals surface area contributed by atoms with E-state index in [0.717, 1.165) is 0 Å². The summed E-state index contributed by atoms with van der Waals surface area (Å²) in [7, 11) is 0. The van der Waals surface area contributed by atoms with E-state index in [1.165, 1.54) is 4.90 Å². The highest BCUT2D eigenvalue weighted by atomic mass is 19.4. The van der Waals surface area contributed by atoms with Crippen LogP contribution in [0.3, 0.4) is 0 Å². The smallest absolute Gasteiger partial charge is 0.416 e. The fourth-order valence-corrected chi connectivity index (χ4v) is 4.60. The van der Waals surface area contributed by atoms with Gasteiger partial charge in [-0.2, -0.15) is 26.3 Å². The van der Waals surface area contributed by atoms with Gasteiger partial charge in [0, 0.05) is 38.3 Å². The third-order valence-corrected chi connectivity index (χ3v) is 6.41. The number of rotatable bonds is 5. The summed E-state index contributed by atoms with van der Waals surface area (Å²) >= 11 is 0. The van der Waals surface area contributed by atoms with Crippen molar-refractivity contribution in [2.45, 2.75) is 63.6 Å². The lowest BCUT2D eigenvalue weighted by molar-refractivity contribution is -0.144. The summed E-state index contributed by atoms with van der Waals surface area (Å²) in [6, 6.07) is 0.699. The lowest BCUT2D eigenvalue weighted by Gasteiger charge is -2.35. The highest BCUT2D eigenvalue weighted by Crippen LogP contribution is 2.36. The number of carboxylic acids is 1. The molecule has 0 aliphatic carbocycles. The van der Waals surface area contributed by atoms with Gasteiger partial charge >= 0.3 is 24.4 Å². The van der Waals surface area contributed by atoms with Gasteiger partial charge in [0.05, 0.1) is 17.0 Å². The minimum atomic E-state index is -4.91. The summed E-state index contributed by atoms with van der Waals surface area (Å²) in [5.41, 5.74) is -2.89. The van der Waals surface area contributed by atoms with Crippen molar-refractivity contribution in [3.05, 3.63) is 34.9 Å². The lowest BCUT2D eigenvalue weighted by atomic mass is 9.98. The van der Waals surface area contributed by atoms with Gasteiger partial charge in [-0.25, -0.2) is 4.79 Å². The molecule has 0 spiro atoms. The molecule has 12 heteroatoms. The van der Waals surface area contributed by atoms with Crippen LogP contribution >= 0.6 is 0 Å². The summed E-state index contributed by atoms with van der Waals surface area (Å²) in [6.07, 6.45) is -7.65. The summed E-state index contributed by atoms with van der Waals surface area (Å²) in [5.74, 6) is -1.58. The molecule has 2 aliphatic heterocycles. The number of carbonyl (C=O) groups is 2. The topological polar surface area (TPSA) is 72.9 Å². The first-order valence-corrected chi connectivity index (χ1v) is 11.1. The van der Waals surface area contributed by atoms with E-state index >= 15 is 0 Å². The fourth-order valence-electron chi connectivity index (χ4n) is 4.60. The number of nitrogens with zero attached hydrogens (tertiary/aromatic N) is 2. The molecule has 3 atom stereocenters. The largest absolute Gasteiger partial charge is 0.481 e. The SMILES string of the molecule is CC[C@@H]1C[C@H](NCc2cc(C(F)(F)F)cc(C(F)(F)F)c2)CN1C(=O)N1CCC[C@H](C(=O)O)C1. The summed E-state index contributed by atoms with van der Waals surface area (Å²) in [4.78, 5) is 27.5. The summed E-state index contributed by atoms with van der Waals surface area (Å²) in [6.45, 7) is 2.45. The zero-order valence-corrected chi connectivity index (χ0v) is 18.5. The van der Waals surface area contributed by atoms with Crippen LogP contribution in [0.25, 0.3) is 0 Å². The number of hydrogen-bond acceptors (Lipinski definition) is 3. The standard InChI is InChI=1S/C22H27F6N3O3/c1-2-18-9-17(12-31(18)20(34)30-5-3-4-14(11-30)19(32)33)29-10-13-6-15(21(23,24)25)8-16(7-13)22(26,27)28/h6-8,14,17-18,29H,2-5,9-12H2,1H3,(H,32,33)/t14-,17-,18+/m0/s1. The molecule has 6 nitrogen and oxygen atoms in total. The molecule has 34 heavy (non-hydrogen) atoms. The van der Waals surface area contributed by atoms with Gasteiger partial charge in [-0.3, -0.25) is 4.79 Å². The second-order valence-corrected chi connectivity index (χ2v) is 8.85. The van der Waals surface area contributed by atoms with Crippen LogP contribution in [0.1, 0.15) is 49.3 Å². The van der Waals surface area contributed by atoms with Crippen LogP contribution in [0.5, 0.6) is 0 Å². The number of piperidine rings is 1. The maximum Gasteiger partial charge on any atom is 0.416 e. The number of carbonyl (C=O) groups excluding carboxylic acids is 1. The van der Waals surface area contributed by atoms with E-state index in [2.05, 4.69) is 5.32 Å². The number of carboxylic acid groups (broad SMARTS) is 1. The van der Waals surface area contributed by atoms with Gasteiger partial charge in [-0.15, -0.1) is 0 Å². The van der Waals surface area contributed by atoms with Gasteiger partial charge in [0.25, 0.3) is 0 Å². The first kappa shape index (κ1) is 26.1. The number of hydrogen-bond donors (Lipinski definition) is 2. The van der Waals surface area contributed by atoms with E-state index in [0.29, 0.717) is 44.4 Å². The van der Waals surface area contributed by atoms with Crippen molar-refractivity contribution in [3.8, 4) is 0 Å². The van der Waals surface area contributed by atoms with Crippen molar-refractivity contribution < 1.29 is 41.0 Å². The van der Waals surface area contributed by atoms with Crippen LogP contribution in [-0.4, -0.2) is 58.6 Å². The minimum absolute atomic E-state index is 0.0928. The molecule has 1 aromatic carbocycles. The zero-order valence-electron chi connectivity index (χ0n) is 18.5. The van der Waals surface area contributed by atoms with Crippen molar-refractivity contribution in [2.75, 3.05) is 19.6 Å². The molecule has 0 unspecified atom stereocenters. The first-order chi connectivity index (χ1) is 15.8. The average Bonchev–Trinajstić information content (AvgIpc) is 3.19. The fraction of sp³-hybridized carbons (Fsp3) is 0.636. The van der Waals surface area contributed by atoms with Crippen molar-refractivity contribution in [1.29, 1.82) is 0 Å². The molecule has 0 bridgehead atoms. The van der Waals surface area contributed by atoms with Crippen LogP contribution in [0.15, 0.2) is 18.2 Å². The Morgan fingerprint density at radius 3 is 2.21 bits per heavy atom. The Labute approximate surface area is 192 Å². The highest BCUT2D eigenvalue weighted by molar-refractivity contribution is 5.77. The first-order valence-electron chi connectivity index (χ1n) is 11.1. The molecule has 3 rings (SSSR count). The molecule has 2 saturated heterocycles. The Kier molecular flexibility index (Phi) is 7.69. The molecule has 1 aromatic rings. The Hall–Kier alpha value is -2.50. The normalized spacial score (nSPS) is 23.9. The van der Waals surface area contributed by atoms with Gasteiger partial charge < -0.3 is 20.2 Å². The number of benzene rings is 1. The quantitative estimate of drug-likeness (QED) is 0.587. The Morgan fingerprint density at radius 1 is 1.06 bits per heavy atom. The van der Waals surface area contributed by atoms with Gasteiger partial charge in [0.2, 0.25) is 0 Å². The van der Waals surface area contributed by atoms with E-state index in [9.17, 15) is 41.0 Å². The van der Waals surface area contributed by atoms with Gasteiger partial charge in [-0.1, -0.05) is 6.92 Å². The third-order valence-electron chi connectivity index (χ3n) is 6.41. The summed E-state index contributed by atoms with van der Waals surface area (Å²) in [5, 5.41) is 12.3. The van der Waals surface area contributed by atoms with Crippen LogP contribution < -0.4 is 5.32 Å². The van der Waals surface area contributed by atoms with E-state index in [-0.39, 0.29) is 49.4 Å². The average molecular weight is 495 g/mol. The molecule has 2 fully saturated rings. The number of likely N-dealkylation sites (tertiary alicyclic amines) is 2. The molecule has 2 heterocycles. The van der Waals surface area contributed by atoms with Crippen LogP contribution in [-0.2, 0) is 23.7 Å². The maximum absolute atomic E-state index is 13.1. The Balaban J connectivity index is 1.68. The number of urea groups is 1. The highest BCUT2D eigenvalue weighted by Gasteiger charge is 2.39. The predicted molar refractivity (Wildman–Crippen MR) is 110 cm³/mol. The molecule has 0 saturated carbocycles. The minimum Gasteiger partial charge on any atom is -0.481 e. The van der Waals surface area contributed by atoms with E-state index in [1.807, 2.05) is 6.92 Å².